The molecule has 90 valence electrons. The van der Waals surface area contributed by atoms with Crippen LogP contribution in [0.15, 0.2) is 33.6 Å². The minimum Gasteiger partial charge on any atom is -0.321 e. The van der Waals surface area contributed by atoms with Gasteiger partial charge in [0.2, 0.25) is 0 Å². The Hall–Kier alpha value is -1.93. The van der Waals surface area contributed by atoms with Gasteiger partial charge >= 0.3 is 0 Å². The van der Waals surface area contributed by atoms with Crippen LogP contribution >= 0.6 is 0 Å². The van der Waals surface area contributed by atoms with Crippen molar-refractivity contribution in [3.63, 3.8) is 0 Å². The van der Waals surface area contributed by atoms with Crippen molar-refractivity contribution in [1.29, 1.82) is 0 Å². The van der Waals surface area contributed by atoms with E-state index in [0.717, 1.165) is 6.34 Å². The predicted octanol–water partition coefficient (Wildman–Crippen LogP) is -0.786. The Morgan fingerprint density at radius 1 is 1.41 bits per heavy atom. The highest BCUT2D eigenvalue weighted by Gasteiger charge is 2.25. The van der Waals surface area contributed by atoms with Crippen molar-refractivity contribution in [3.8, 4) is 0 Å². The number of nitrogens with two attached hydrogens (primary N) is 1. The molecule has 0 bridgehead atoms. The second-order valence-corrected chi connectivity index (χ2v) is 4.96. The van der Waals surface area contributed by atoms with E-state index in [1.165, 1.54) is 11.0 Å². The number of hydrogen-bond donors (Lipinski definition) is 2. The standard InChI is InChI=1S/C9H10N4O3S/c10-12-9(14)5-13-6-11-17(15,16)8-4-2-1-3-7(8)13/h1-4,6H,5,10H2,(H,12,14). The molecule has 7 nitrogen and oxygen atoms in total. The van der Waals surface area contributed by atoms with E-state index in [-0.39, 0.29) is 11.4 Å². The lowest BCUT2D eigenvalue weighted by Gasteiger charge is -2.23. The van der Waals surface area contributed by atoms with Gasteiger partial charge in [-0.15, -0.1) is 4.40 Å². The number of benzene rings is 1. The van der Waals surface area contributed by atoms with Crippen LogP contribution in [0.2, 0.25) is 0 Å². The van der Waals surface area contributed by atoms with Crippen molar-refractivity contribution in [2.24, 2.45) is 10.2 Å². The average molecular weight is 254 g/mol. The second kappa shape index (κ2) is 4.15. The van der Waals surface area contributed by atoms with Crippen LogP contribution in [0.1, 0.15) is 0 Å². The summed E-state index contributed by atoms with van der Waals surface area (Å²) >= 11 is 0. The minimum absolute atomic E-state index is 0.0762. The zero-order valence-electron chi connectivity index (χ0n) is 8.70. The van der Waals surface area contributed by atoms with Gasteiger partial charge in [0.15, 0.2) is 0 Å². The summed E-state index contributed by atoms with van der Waals surface area (Å²) in [5.41, 5.74) is 2.38. The highest BCUT2D eigenvalue weighted by molar-refractivity contribution is 7.90. The number of carbonyl (C=O) groups is 1. The third-order valence-electron chi connectivity index (χ3n) is 2.25. The van der Waals surface area contributed by atoms with Gasteiger partial charge in [0, 0.05) is 0 Å². The Bertz CT molecular complexity index is 582. The molecule has 3 N–H and O–H groups in total. The van der Waals surface area contributed by atoms with E-state index in [2.05, 4.69) is 4.40 Å². The van der Waals surface area contributed by atoms with Crippen LogP contribution in [0.3, 0.4) is 0 Å². The number of carbonyl (C=O) groups excluding carboxylic acids is 1. The van der Waals surface area contributed by atoms with Crippen molar-refractivity contribution >= 4 is 28.0 Å². The Kier molecular flexibility index (Phi) is 2.82. The van der Waals surface area contributed by atoms with E-state index in [9.17, 15) is 13.2 Å². The molecule has 0 aromatic heterocycles. The van der Waals surface area contributed by atoms with Gasteiger partial charge in [-0.1, -0.05) is 12.1 Å². The Balaban J connectivity index is 2.44. The molecule has 17 heavy (non-hydrogen) atoms. The topological polar surface area (TPSA) is 105 Å². The summed E-state index contributed by atoms with van der Waals surface area (Å²) in [5, 5.41) is 0. The smallest absolute Gasteiger partial charge is 0.285 e. The molecule has 1 aromatic rings. The third kappa shape index (κ3) is 2.12. The Labute approximate surface area is 98.0 Å². The summed E-state index contributed by atoms with van der Waals surface area (Å²) in [6.07, 6.45) is 1.10. The highest BCUT2D eigenvalue weighted by atomic mass is 32.2. The molecule has 0 radical (unpaired) electrons. The Morgan fingerprint density at radius 3 is 2.82 bits per heavy atom. The van der Waals surface area contributed by atoms with Crippen molar-refractivity contribution in [3.05, 3.63) is 24.3 Å². The fourth-order valence-electron chi connectivity index (χ4n) is 1.48. The minimum atomic E-state index is -3.65. The van der Waals surface area contributed by atoms with Gasteiger partial charge in [0.1, 0.15) is 17.8 Å². The molecule has 0 unspecified atom stereocenters. The summed E-state index contributed by atoms with van der Waals surface area (Å²) in [6.45, 7) is -0.0907. The zero-order valence-corrected chi connectivity index (χ0v) is 9.52. The second-order valence-electron chi connectivity index (χ2n) is 3.36. The van der Waals surface area contributed by atoms with E-state index < -0.39 is 15.9 Å². The molecule has 0 saturated heterocycles. The summed E-state index contributed by atoms with van der Waals surface area (Å²) in [6, 6.07) is 6.32. The van der Waals surface area contributed by atoms with Gasteiger partial charge in [-0.05, 0) is 12.1 Å². The molecule has 8 heteroatoms. The van der Waals surface area contributed by atoms with E-state index in [1.807, 2.05) is 5.43 Å². The molecule has 1 heterocycles. The van der Waals surface area contributed by atoms with Crippen LogP contribution in [0, 0.1) is 0 Å². The molecular weight excluding hydrogens is 244 g/mol. The summed E-state index contributed by atoms with van der Waals surface area (Å²) in [5.74, 6) is 4.53. The molecule has 1 aromatic carbocycles. The largest absolute Gasteiger partial charge is 0.321 e. The molecule has 2 rings (SSSR count). The van der Waals surface area contributed by atoms with Crippen molar-refractivity contribution < 1.29 is 13.2 Å². The van der Waals surface area contributed by atoms with Crippen molar-refractivity contribution in [2.75, 3.05) is 11.4 Å². The van der Waals surface area contributed by atoms with Crippen LogP contribution in [0.25, 0.3) is 0 Å². The number of sulfonamides is 1. The van der Waals surface area contributed by atoms with Crippen LogP contribution in [0.4, 0.5) is 5.69 Å². The van der Waals surface area contributed by atoms with Crippen molar-refractivity contribution in [1.82, 2.24) is 5.43 Å². The number of nitrogens with zero attached hydrogens (tertiary/aromatic N) is 2. The predicted molar refractivity (Wildman–Crippen MR) is 61.8 cm³/mol. The molecular formula is C9H10N4O3S. The van der Waals surface area contributed by atoms with E-state index in [0.29, 0.717) is 5.69 Å². The number of hydrogen-bond acceptors (Lipinski definition) is 5. The molecule has 0 spiro atoms. The summed E-state index contributed by atoms with van der Waals surface area (Å²) in [4.78, 5) is 12.7. The zero-order chi connectivity index (χ0) is 12.5. The lowest BCUT2D eigenvalue weighted by Crippen LogP contribution is -2.41. The SMILES string of the molecule is NNC(=O)CN1C=NS(=O)(=O)c2ccccc21. The van der Waals surface area contributed by atoms with Gasteiger partial charge in [-0.3, -0.25) is 10.2 Å². The third-order valence-corrected chi connectivity index (χ3v) is 3.53. The molecule has 1 amide bonds. The van der Waals surface area contributed by atoms with E-state index in [4.69, 9.17) is 5.84 Å². The Morgan fingerprint density at radius 2 is 2.12 bits per heavy atom. The average Bonchev–Trinajstić information content (AvgIpc) is 2.33. The van der Waals surface area contributed by atoms with Crippen LogP contribution in [0.5, 0.6) is 0 Å². The van der Waals surface area contributed by atoms with Gasteiger partial charge in [-0.25, -0.2) is 5.84 Å². The monoisotopic (exact) mass is 254 g/mol. The maximum absolute atomic E-state index is 11.6. The van der Waals surface area contributed by atoms with E-state index >= 15 is 0 Å². The first-order valence-corrected chi connectivity index (χ1v) is 6.14. The van der Waals surface area contributed by atoms with E-state index in [1.54, 1.807) is 18.2 Å². The fraction of sp³-hybridized carbons (Fsp3) is 0.111. The summed E-state index contributed by atoms with van der Waals surface area (Å²) in [7, 11) is -3.65. The number of amides is 1. The number of rotatable bonds is 2. The van der Waals surface area contributed by atoms with Gasteiger partial charge in [-0.2, -0.15) is 8.42 Å². The van der Waals surface area contributed by atoms with Crippen LogP contribution in [-0.2, 0) is 14.8 Å². The molecule has 0 saturated carbocycles. The van der Waals surface area contributed by atoms with Crippen molar-refractivity contribution in [2.45, 2.75) is 4.90 Å². The first-order chi connectivity index (χ1) is 8.04. The highest BCUT2D eigenvalue weighted by Crippen LogP contribution is 2.28. The maximum atomic E-state index is 11.6. The molecule has 1 aliphatic heterocycles. The number of hydrazine groups is 1. The normalized spacial score (nSPS) is 16.4. The first kappa shape index (κ1) is 11.6. The number of nitrogens with one attached hydrogen (secondary N) is 1. The van der Waals surface area contributed by atoms with Crippen LogP contribution < -0.4 is 16.2 Å². The van der Waals surface area contributed by atoms with Gasteiger partial charge in [0.25, 0.3) is 15.9 Å². The molecule has 0 atom stereocenters. The first-order valence-electron chi connectivity index (χ1n) is 4.70. The lowest BCUT2D eigenvalue weighted by molar-refractivity contribution is -0.119. The molecule has 0 fully saturated rings. The van der Waals surface area contributed by atoms with Crippen LogP contribution in [-0.4, -0.2) is 27.2 Å². The fourth-order valence-corrected chi connectivity index (χ4v) is 2.53. The molecule has 0 aliphatic carbocycles. The number of anilines is 1. The van der Waals surface area contributed by atoms with Gasteiger partial charge in [0.05, 0.1) is 5.69 Å². The quantitative estimate of drug-likeness (QED) is 0.409. The number of para-hydroxylation sites is 1. The van der Waals surface area contributed by atoms with Gasteiger partial charge < -0.3 is 4.90 Å². The maximum Gasteiger partial charge on any atom is 0.285 e. The lowest BCUT2D eigenvalue weighted by atomic mass is 10.3. The molecule has 1 aliphatic rings. The number of fused-ring (bicyclic) bond motifs is 1. The summed E-state index contributed by atoms with van der Waals surface area (Å²) < 4.78 is 26.7.